The van der Waals surface area contributed by atoms with Gasteiger partial charge in [0, 0.05) is 32.1 Å². The Bertz CT molecular complexity index is 900. The molecule has 8 heteroatoms. The fourth-order valence-electron chi connectivity index (χ4n) is 3.04. The van der Waals surface area contributed by atoms with Crippen LogP contribution in [0.3, 0.4) is 0 Å². The Morgan fingerprint density at radius 2 is 2.17 bits per heavy atom. The number of amides is 2. The first-order valence-corrected chi connectivity index (χ1v) is 7.85. The average Bonchev–Trinajstić information content (AvgIpc) is 3.24. The predicted molar refractivity (Wildman–Crippen MR) is 85.5 cm³/mol. The van der Waals surface area contributed by atoms with E-state index in [1.807, 2.05) is 12.1 Å². The average molecular weight is 327 g/mol. The highest BCUT2D eigenvalue weighted by atomic mass is 16.5. The van der Waals surface area contributed by atoms with Crippen molar-refractivity contribution < 1.29 is 13.7 Å². The summed E-state index contributed by atoms with van der Waals surface area (Å²) < 4.78 is 10.5. The smallest absolute Gasteiger partial charge is 0.322 e. The number of aromatic nitrogens is 3. The molecule has 3 aromatic rings. The highest BCUT2D eigenvalue weighted by Gasteiger charge is 2.33. The fraction of sp³-hybridized carbons (Fsp3) is 0.375. The standard InChI is InChI=1S/C16H17N5O3/c1-9-17-12-6-5-11(8-14(12)23-9)19-16(22)21-7-3-4-13(21)15-18-10(2)24-20-15/h5-6,8,13H,3-4,7H2,1-2H3,(H,19,22). The molecule has 0 saturated carbocycles. The van der Waals surface area contributed by atoms with E-state index >= 15 is 0 Å². The number of rotatable bonds is 2. The van der Waals surface area contributed by atoms with Crippen LogP contribution in [0, 0.1) is 13.8 Å². The molecule has 0 aliphatic carbocycles. The Morgan fingerprint density at radius 1 is 1.29 bits per heavy atom. The van der Waals surface area contributed by atoms with Crippen molar-refractivity contribution in [2.75, 3.05) is 11.9 Å². The van der Waals surface area contributed by atoms with Gasteiger partial charge >= 0.3 is 6.03 Å². The van der Waals surface area contributed by atoms with Gasteiger partial charge in [0.05, 0.1) is 6.04 Å². The minimum Gasteiger partial charge on any atom is -0.441 e. The monoisotopic (exact) mass is 327 g/mol. The third kappa shape index (κ3) is 2.60. The summed E-state index contributed by atoms with van der Waals surface area (Å²) in [5, 5.41) is 6.85. The molecule has 2 amide bonds. The maximum absolute atomic E-state index is 12.6. The molecule has 3 heterocycles. The third-order valence-corrected chi connectivity index (χ3v) is 4.10. The number of aryl methyl sites for hydroxylation is 2. The molecule has 1 aromatic carbocycles. The van der Waals surface area contributed by atoms with E-state index in [4.69, 9.17) is 8.94 Å². The van der Waals surface area contributed by atoms with Crippen LogP contribution >= 0.6 is 0 Å². The number of likely N-dealkylation sites (tertiary alicyclic amines) is 1. The molecule has 0 bridgehead atoms. The van der Waals surface area contributed by atoms with Gasteiger partial charge in [0.1, 0.15) is 5.52 Å². The summed E-state index contributed by atoms with van der Waals surface area (Å²) in [6, 6.07) is 5.07. The number of hydrogen-bond donors (Lipinski definition) is 1. The fourth-order valence-corrected chi connectivity index (χ4v) is 3.04. The van der Waals surface area contributed by atoms with E-state index in [1.54, 1.807) is 24.8 Å². The normalized spacial score (nSPS) is 17.6. The molecular formula is C16H17N5O3. The van der Waals surface area contributed by atoms with E-state index in [0.29, 0.717) is 35.4 Å². The Kier molecular flexibility index (Phi) is 3.44. The molecule has 1 fully saturated rings. The first-order chi connectivity index (χ1) is 11.6. The molecule has 8 nitrogen and oxygen atoms in total. The van der Waals surface area contributed by atoms with Crippen LogP contribution in [-0.4, -0.2) is 32.6 Å². The van der Waals surface area contributed by atoms with Crippen LogP contribution in [0.4, 0.5) is 10.5 Å². The van der Waals surface area contributed by atoms with E-state index in [0.717, 1.165) is 18.4 Å². The van der Waals surface area contributed by atoms with Gasteiger partial charge in [-0.25, -0.2) is 9.78 Å². The number of hydrogen-bond acceptors (Lipinski definition) is 6. The molecule has 4 rings (SSSR count). The van der Waals surface area contributed by atoms with Crippen LogP contribution in [0.5, 0.6) is 0 Å². The topological polar surface area (TPSA) is 97.3 Å². The summed E-state index contributed by atoms with van der Waals surface area (Å²) in [5.74, 6) is 1.66. The van der Waals surface area contributed by atoms with Gasteiger partial charge in [-0.15, -0.1) is 0 Å². The van der Waals surface area contributed by atoms with E-state index in [1.165, 1.54) is 0 Å². The number of urea groups is 1. The molecular weight excluding hydrogens is 310 g/mol. The van der Waals surface area contributed by atoms with Crippen molar-refractivity contribution in [2.24, 2.45) is 0 Å². The van der Waals surface area contributed by atoms with Crippen molar-refractivity contribution in [1.82, 2.24) is 20.0 Å². The van der Waals surface area contributed by atoms with Crippen LogP contribution in [-0.2, 0) is 0 Å². The zero-order chi connectivity index (χ0) is 16.7. The summed E-state index contributed by atoms with van der Waals surface area (Å²) in [6.07, 6.45) is 1.73. The molecule has 1 aliphatic rings. The number of oxazole rings is 1. The van der Waals surface area contributed by atoms with Crippen molar-refractivity contribution >= 4 is 22.8 Å². The molecule has 124 valence electrons. The van der Waals surface area contributed by atoms with Gasteiger partial charge in [0.2, 0.25) is 5.89 Å². The number of carbonyl (C=O) groups is 1. The van der Waals surface area contributed by atoms with Crippen molar-refractivity contribution in [3.63, 3.8) is 0 Å². The second kappa shape index (κ2) is 5.63. The second-order valence-electron chi connectivity index (χ2n) is 5.87. The molecule has 1 N–H and O–H groups in total. The Labute approximate surface area is 137 Å². The Morgan fingerprint density at radius 3 is 2.96 bits per heavy atom. The maximum Gasteiger partial charge on any atom is 0.322 e. The Balaban J connectivity index is 1.53. The molecule has 1 atom stereocenters. The first kappa shape index (κ1) is 14.7. The molecule has 2 aromatic heterocycles. The van der Waals surface area contributed by atoms with E-state index < -0.39 is 0 Å². The summed E-state index contributed by atoms with van der Waals surface area (Å²) in [5.41, 5.74) is 2.09. The second-order valence-corrected chi connectivity index (χ2v) is 5.87. The zero-order valence-corrected chi connectivity index (χ0v) is 13.4. The van der Waals surface area contributed by atoms with Crippen molar-refractivity contribution in [3.05, 3.63) is 35.8 Å². The van der Waals surface area contributed by atoms with Crippen LogP contribution < -0.4 is 5.32 Å². The lowest BCUT2D eigenvalue weighted by Gasteiger charge is -2.22. The largest absolute Gasteiger partial charge is 0.441 e. The van der Waals surface area contributed by atoms with Crippen LogP contribution in [0.25, 0.3) is 11.1 Å². The zero-order valence-electron chi connectivity index (χ0n) is 13.4. The van der Waals surface area contributed by atoms with Gasteiger partial charge in [-0.1, -0.05) is 5.16 Å². The van der Waals surface area contributed by atoms with Gasteiger partial charge in [0.25, 0.3) is 0 Å². The summed E-state index contributed by atoms with van der Waals surface area (Å²) >= 11 is 0. The van der Waals surface area contributed by atoms with Crippen molar-refractivity contribution in [1.29, 1.82) is 0 Å². The lowest BCUT2D eigenvalue weighted by atomic mass is 10.2. The van der Waals surface area contributed by atoms with Gasteiger partial charge in [-0.05, 0) is 25.0 Å². The minimum atomic E-state index is -0.185. The SMILES string of the molecule is Cc1nc(C2CCCN2C(=O)Nc2ccc3nc(C)oc3c2)no1. The number of fused-ring (bicyclic) bond motifs is 1. The van der Waals surface area contributed by atoms with Crippen LogP contribution in [0.2, 0.25) is 0 Å². The molecule has 0 spiro atoms. The summed E-state index contributed by atoms with van der Waals surface area (Å²) in [4.78, 5) is 22.9. The van der Waals surface area contributed by atoms with Gasteiger partial charge in [0.15, 0.2) is 17.3 Å². The van der Waals surface area contributed by atoms with E-state index in [9.17, 15) is 4.79 Å². The first-order valence-electron chi connectivity index (χ1n) is 7.85. The minimum absolute atomic E-state index is 0.154. The summed E-state index contributed by atoms with van der Waals surface area (Å²) in [7, 11) is 0. The maximum atomic E-state index is 12.6. The van der Waals surface area contributed by atoms with E-state index in [-0.39, 0.29) is 12.1 Å². The summed E-state index contributed by atoms with van der Waals surface area (Å²) in [6.45, 7) is 4.19. The van der Waals surface area contributed by atoms with E-state index in [2.05, 4.69) is 20.4 Å². The number of nitrogens with one attached hydrogen (secondary N) is 1. The molecule has 1 saturated heterocycles. The highest BCUT2D eigenvalue weighted by Crippen LogP contribution is 2.31. The molecule has 24 heavy (non-hydrogen) atoms. The van der Waals surface area contributed by atoms with Crippen molar-refractivity contribution in [3.8, 4) is 0 Å². The van der Waals surface area contributed by atoms with Gasteiger partial charge in [-0.2, -0.15) is 4.98 Å². The molecule has 1 unspecified atom stereocenters. The number of anilines is 1. The lowest BCUT2D eigenvalue weighted by Crippen LogP contribution is -2.34. The molecule has 0 radical (unpaired) electrons. The molecule has 1 aliphatic heterocycles. The Hall–Kier alpha value is -2.90. The quantitative estimate of drug-likeness (QED) is 0.776. The van der Waals surface area contributed by atoms with Crippen LogP contribution in [0.1, 0.15) is 36.5 Å². The van der Waals surface area contributed by atoms with Crippen LogP contribution in [0.15, 0.2) is 27.1 Å². The number of carbonyl (C=O) groups excluding carboxylic acids is 1. The predicted octanol–water partition coefficient (Wildman–Crippen LogP) is 3.20. The van der Waals surface area contributed by atoms with Gasteiger partial charge in [-0.3, -0.25) is 0 Å². The third-order valence-electron chi connectivity index (χ3n) is 4.10. The number of nitrogens with zero attached hydrogens (tertiary/aromatic N) is 4. The lowest BCUT2D eigenvalue weighted by molar-refractivity contribution is 0.204. The van der Waals surface area contributed by atoms with Gasteiger partial charge < -0.3 is 19.2 Å². The van der Waals surface area contributed by atoms with Crippen molar-refractivity contribution in [2.45, 2.75) is 32.7 Å². The highest BCUT2D eigenvalue weighted by molar-refractivity contribution is 5.92. The number of benzene rings is 1.